The van der Waals surface area contributed by atoms with Gasteiger partial charge in [0.15, 0.2) is 10.2 Å². The zero-order valence-corrected chi connectivity index (χ0v) is 11.6. The maximum atomic E-state index is 13.5. The average Bonchev–Trinajstić information content (AvgIpc) is 2.81. The first-order valence-corrected chi connectivity index (χ1v) is 6.62. The van der Waals surface area contributed by atoms with Crippen molar-refractivity contribution in [2.24, 2.45) is 0 Å². The molecule has 0 aromatic carbocycles. The predicted octanol–water partition coefficient (Wildman–Crippen LogP) is 1.73. The molecule has 2 aromatic heterocycles. The summed E-state index contributed by atoms with van der Waals surface area (Å²) < 4.78 is 14.2. The standard InChI is InChI=1S/C9H11FN6S2/c1-11-7-12-4-5(10)6(13-7)17-9-15-14-8(18-9)16(2)3/h4H,1-3H3,(H,11,12,13). The molecular formula is C9H11FN6S2. The minimum absolute atomic E-state index is 0.232. The van der Waals surface area contributed by atoms with Gasteiger partial charge in [-0.2, -0.15) is 0 Å². The maximum absolute atomic E-state index is 13.5. The Kier molecular flexibility index (Phi) is 3.92. The van der Waals surface area contributed by atoms with Gasteiger partial charge in [-0.15, -0.1) is 10.2 Å². The van der Waals surface area contributed by atoms with Gasteiger partial charge in [-0.1, -0.05) is 11.3 Å². The summed E-state index contributed by atoms with van der Waals surface area (Å²) in [7, 11) is 5.43. The van der Waals surface area contributed by atoms with Crippen molar-refractivity contribution >= 4 is 34.2 Å². The van der Waals surface area contributed by atoms with Crippen LogP contribution in [0.5, 0.6) is 0 Å². The zero-order valence-electron chi connectivity index (χ0n) is 10.0. The first kappa shape index (κ1) is 13.0. The quantitative estimate of drug-likeness (QED) is 0.858. The molecule has 18 heavy (non-hydrogen) atoms. The molecule has 0 unspecified atom stereocenters. The third kappa shape index (κ3) is 2.85. The number of halogens is 1. The van der Waals surface area contributed by atoms with Crippen LogP contribution in [0.2, 0.25) is 0 Å². The monoisotopic (exact) mass is 286 g/mol. The minimum atomic E-state index is -0.472. The molecule has 1 N–H and O–H groups in total. The molecule has 96 valence electrons. The summed E-state index contributed by atoms with van der Waals surface area (Å²) in [6, 6.07) is 0. The molecule has 2 heterocycles. The molecule has 9 heteroatoms. The third-order valence-electron chi connectivity index (χ3n) is 1.90. The summed E-state index contributed by atoms with van der Waals surface area (Å²) in [5.74, 6) is -0.100. The fraction of sp³-hybridized carbons (Fsp3) is 0.333. The molecule has 0 saturated heterocycles. The van der Waals surface area contributed by atoms with E-state index in [2.05, 4.69) is 25.5 Å². The molecule has 0 aliphatic heterocycles. The van der Waals surface area contributed by atoms with E-state index in [0.29, 0.717) is 10.3 Å². The highest BCUT2D eigenvalue weighted by molar-refractivity contribution is 8.01. The van der Waals surface area contributed by atoms with Crippen molar-refractivity contribution in [3.63, 3.8) is 0 Å². The Morgan fingerprint density at radius 3 is 2.78 bits per heavy atom. The summed E-state index contributed by atoms with van der Waals surface area (Å²) in [6.45, 7) is 0. The van der Waals surface area contributed by atoms with Gasteiger partial charge in [0.1, 0.15) is 5.03 Å². The molecule has 0 atom stereocenters. The molecule has 0 radical (unpaired) electrons. The van der Waals surface area contributed by atoms with Crippen molar-refractivity contribution in [3.05, 3.63) is 12.0 Å². The zero-order chi connectivity index (χ0) is 13.1. The smallest absolute Gasteiger partial charge is 0.223 e. The lowest BCUT2D eigenvalue weighted by Crippen LogP contribution is -2.07. The van der Waals surface area contributed by atoms with E-state index in [1.54, 1.807) is 7.05 Å². The van der Waals surface area contributed by atoms with Crippen LogP contribution in [0, 0.1) is 5.82 Å². The first-order valence-electron chi connectivity index (χ1n) is 4.99. The van der Waals surface area contributed by atoms with Gasteiger partial charge in [0, 0.05) is 21.1 Å². The maximum Gasteiger partial charge on any atom is 0.223 e. The third-order valence-corrected chi connectivity index (χ3v) is 4.02. The van der Waals surface area contributed by atoms with Crippen molar-refractivity contribution in [3.8, 4) is 0 Å². The lowest BCUT2D eigenvalue weighted by atomic mass is 10.6. The van der Waals surface area contributed by atoms with Gasteiger partial charge < -0.3 is 10.2 Å². The molecule has 0 saturated carbocycles. The van der Waals surface area contributed by atoms with Crippen molar-refractivity contribution in [2.75, 3.05) is 31.4 Å². The Bertz CT molecular complexity index is 544. The second-order valence-corrected chi connectivity index (χ2v) is 5.64. The van der Waals surface area contributed by atoms with Gasteiger partial charge in [0.25, 0.3) is 0 Å². The number of hydrogen-bond donors (Lipinski definition) is 1. The fourth-order valence-electron chi connectivity index (χ4n) is 1.05. The Labute approximate surface area is 112 Å². The predicted molar refractivity (Wildman–Crippen MR) is 69.9 cm³/mol. The molecule has 2 aromatic rings. The van der Waals surface area contributed by atoms with Crippen LogP contribution in [0.1, 0.15) is 0 Å². The summed E-state index contributed by atoms with van der Waals surface area (Å²) in [5.41, 5.74) is 0. The molecule has 0 amide bonds. The highest BCUT2D eigenvalue weighted by Gasteiger charge is 2.12. The molecule has 0 aliphatic rings. The van der Waals surface area contributed by atoms with E-state index in [1.807, 2.05) is 19.0 Å². The number of rotatable bonds is 4. The molecule has 0 spiro atoms. The van der Waals surface area contributed by atoms with Gasteiger partial charge >= 0.3 is 0 Å². The molecule has 6 nitrogen and oxygen atoms in total. The van der Waals surface area contributed by atoms with Gasteiger partial charge in [0.05, 0.1) is 6.20 Å². The van der Waals surface area contributed by atoms with Crippen molar-refractivity contribution in [2.45, 2.75) is 9.37 Å². The summed E-state index contributed by atoms with van der Waals surface area (Å²) >= 11 is 2.51. The van der Waals surface area contributed by atoms with E-state index < -0.39 is 5.82 Å². The molecular weight excluding hydrogens is 275 g/mol. The SMILES string of the molecule is CNc1ncc(F)c(Sc2nnc(N(C)C)s2)n1. The number of nitrogens with zero attached hydrogens (tertiary/aromatic N) is 5. The van der Waals surface area contributed by atoms with Crippen LogP contribution >= 0.6 is 23.1 Å². The number of aromatic nitrogens is 4. The van der Waals surface area contributed by atoms with Crippen LogP contribution in [0.25, 0.3) is 0 Å². The van der Waals surface area contributed by atoms with Gasteiger partial charge in [0.2, 0.25) is 11.1 Å². The van der Waals surface area contributed by atoms with Crippen LogP contribution in [0.4, 0.5) is 15.5 Å². The van der Waals surface area contributed by atoms with E-state index in [0.717, 1.165) is 23.1 Å². The van der Waals surface area contributed by atoms with Crippen LogP contribution in [0.15, 0.2) is 15.6 Å². The topological polar surface area (TPSA) is 66.8 Å². The largest absolute Gasteiger partial charge is 0.357 e. The number of nitrogens with one attached hydrogen (secondary N) is 1. The van der Waals surface area contributed by atoms with Crippen LogP contribution in [0.3, 0.4) is 0 Å². The lowest BCUT2D eigenvalue weighted by molar-refractivity contribution is 0.580. The highest BCUT2D eigenvalue weighted by Crippen LogP contribution is 2.33. The fourth-order valence-corrected chi connectivity index (χ4v) is 2.71. The van der Waals surface area contributed by atoms with Crippen molar-refractivity contribution < 1.29 is 4.39 Å². The van der Waals surface area contributed by atoms with E-state index in [4.69, 9.17) is 0 Å². The second kappa shape index (κ2) is 5.44. The summed E-state index contributed by atoms with van der Waals surface area (Å²) in [5, 5.41) is 11.7. The summed E-state index contributed by atoms with van der Waals surface area (Å²) in [4.78, 5) is 9.66. The molecule has 0 fully saturated rings. The van der Waals surface area contributed by atoms with Crippen LogP contribution in [-0.4, -0.2) is 41.3 Å². The van der Waals surface area contributed by atoms with Gasteiger partial charge in [-0.05, 0) is 11.8 Å². The van der Waals surface area contributed by atoms with Crippen LogP contribution < -0.4 is 10.2 Å². The molecule has 0 aliphatic carbocycles. The molecule has 2 rings (SSSR count). The highest BCUT2D eigenvalue weighted by atomic mass is 32.2. The Morgan fingerprint density at radius 2 is 2.17 bits per heavy atom. The lowest BCUT2D eigenvalue weighted by Gasteiger charge is -2.04. The Balaban J connectivity index is 2.22. The van der Waals surface area contributed by atoms with E-state index in [-0.39, 0.29) is 5.03 Å². The van der Waals surface area contributed by atoms with Crippen LogP contribution in [-0.2, 0) is 0 Å². The average molecular weight is 286 g/mol. The first-order chi connectivity index (χ1) is 8.60. The van der Waals surface area contributed by atoms with Crippen molar-refractivity contribution in [1.29, 1.82) is 0 Å². The molecule has 0 bridgehead atoms. The second-order valence-electron chi connectivity index (χ2n) is 3.44. The minimum Gasteiger partial charge on any atom is -0.357 e. The van der Waals surface area contributed by atoms with E-state index in [1.165, 1.54) is 11.3 Å². The Morgan fingerprint density at radius 1 is 1.39 bits per heavy atom. The number of hydrogen-bond acceptors (Lipinski definition) is 8. The number of anilines is 2. The van der Waals surface area contributed by atoms with E-state index in [9.17, 15) is 4.39 Å². The van der Waals surface area contributed by atoms with Gasteiger partial charge in [-0.3, -0.25) is 0 Å². The van der Waals surface area contributed by atoms with Gasteiger partial charge in [-0.25, -0.2) is 14.4 Å². The normalized spacial score (nSPS) is 10.4. The van der Waals surface area contributed by atoms with E-state index >= 15 is 0 Å². The Hall–Kier alpha value is -1.48. The summed E-state index contributed by atoms with van der Waals surface area (Å²) in [6.07, 6.45) is 1.13. The van der Waals surface area contributed by atoms with Crippen molar-refractivity contribution in [1.82, 2.24) is 20.2 Å².